The van der Waals surface area contributed by atoms with Gasteiger partial charge in [-0.2, -0.15) is 0 Å². The van der Waals surface area contributed by atoms with Gasteiger partial charge in [0, 0.05) is 31.1 Å². The number of phenols is 1. The number of piperidine rings is 3. The summed E-state index contributed by atoms with van der Waals surface area (Å²) in [5.74, 6) is 1.80. The van der Waals surface area contributed by atoms with E-state index in [1.54, 1.807) is 12.1 Å². The van der Waals surface area contributed by atoms with Gasteiger partial charge in [-0.15, -0.1) is 0 Å². The SMILES string of the molecule is O=C(OC1CN2CCC1CC2)[C@@]1(NCc2cccc(OCc3cccc(OCCCCNCC(O)c4ccc(O)c5[nH]c(=O)ccc45)c3)c2)CCc2ccccc21. The van der Waals surface area contributed by atoms with E-state index in [-0.39, 0.29) is 23.4 Å². The minimum absolute atomic E-state index is 0.0288. The van der Waals surface area contributed by atoms with Crippen molar-refractivity contribution in [2.24, 2.45) is 5.92 Å². The molecule has 1 aliphatic carbocycles. The van der Waals surface area contributed by atoms with Crippen molar-refractivity contribution in [3.05, 3.63) is 135 Å². The molecule has 0 saturated carbocycles. The molecule has 3 aliphatic heterocycles. The van der Waals surface area contributed by atoms with Gasteiger partial charge in [0.15, 0.2) is 0 Å². The molecule has 3 saturated heterocycles. The Kier molecular flexibility index (Phi) is 11.9. The standard InChI is InChI=1S/C46H52N4O7/c51-40-15-13-37(38-14-16-43(53)49-44(38)40)41(52)28-47-21-3-4-24-55-35-10-6-8-32(26-35)30-56-36-11-5-7-31(25-36)27-48-46(20-17-33-9-1-2-12-39(33)46)45(54)57-42-29-50-22-18-34(42)19-23-50/h1-2,5-16,25-26,34,41-42,47-48,51-52H,3-4,17-24,27-30H2,(H,49,53)/t41?,42?,46-/m1/s1. The maximum atomic E-state index is 14.1. The van der Waals surface area contributed by atoms with E-state index in [0.717, 1.165) is 79.9 Å². The fourth-order valence-electron chi connectivity index (χ4n) is 8.69. The molecule has 3 fully saturated rings. The van der Waals surface area contributed by atoms with Crippen molar-refractivity contribution in [1.29, 1.82) is 0 Å². The number of unbranched alkanes of at least 4 members (excludes halogenated alkanes) is 1. The molecule has 1 aromatic heterocycles. The second-order valence-corrected chi connectivity index (χ2v) is 15.6. The number of hydrogen-bond donors (Lipinski definition) is 5. The molecule has 11 nitrogen and oxygen atoms in total. The molecule has 0 spiro atoms. The highest BCUT2D eigenvalue weighted by Gasteiger charge is 2.48. The van der Waals surface area contributed by atoms with Gasteiger partial charge in [0.2, 0.25) is 5.56 Å². The van der Waals surface area contributed by atoms with Gasteiger partial charge < -0.3 is 34.7 Å². The van der Waals surface area contributed by atoms with E-state index in [4.69, 9.17) is 14.2 Å². The van der Waals surface area contributed by atoms with E-state index in [1.165, 1.54) is 17.7 Å². The van der Waals surface area contributed by atoms with Gasteiger partial charge >= 0.3 is 5.97 Å². The minimum Gasteiger partial charge on any atom is -0.506 e. The van der Waals surface area contributed by atoms with Crippen molar-refractivity contribution in [3.63, 3.8) is 0 Å². The first-order valence-electron chi connectivity index (χ1n) is 20.3. The van der Waals surface area contributed by atoms with Gasteiger partial charge in [0.25, 0.3) is 0 Å². The molecule has 298 valence electrons. The lowest BCUT2D eigenvalue weighted by Crippen LogP contribution is -2.55. The Hall–Kier alpha value is -5.20. The van der Waals surface area contributed by atoms with Crippen LogP contribution < -0.4 is 25.7 Å². The maximum absolute atomic E-state index is 14.1. The Morgan fingerprint density at radius 3 is 2.53 bits per heavy atom. The van der Waals surface area contributed by atoms with E-state index < -0.39 is 11.6 Å². The number of phenolic OH excluding ortho intramolecular Hbond substituents is 1. The van der Waals surface area contributed by atoms with Crippen LogP contribution in [0.3, 0.4) is 0 Å². The molecule has 0 radical (unpaired) electrons. The second kappa shape index (κ2) is 17.5. The number of aromatic nitrogens is 1. The number of nitrogens with zero attached hydrogens (tertiary/aromatic N) is 1. The number of benzene rings is 4. The van der Waals surface area contributed by atoms with Crippen LogP contribution in [0.5, 0.6) is 17.2 Å². The summed E-state index contributed by atoms with van der Waals surface area (Å²) in [4.78, 5) is 30.9. The quantitative estimate of drug-likeness (QED) is 0.0576. The number of carbonyl (C=O) groups excluding carboxylic acids is 1. The number of fused-ring (bicyclic) bond motifs is 5. The van der Waals surface area contributed by atoms with E-state index in [1.807, 2.05) is 54.6 Å². The molecule has 57 heavy (non-hydrogen) atoms. The van der Waals surface area contributed by atoms with Crippen LogP contribution in [0.15, 0.2) is 102 Å². The van der Waals surface area contributed by atoms with Crippen LogP contribution in [0.4, 0.5) is 0 Å². The van der Waals surface area contributed by atoms with Gasteiger partial charge in [0.1, 0.15) is 35.5 Å². The Morgan fingerprint density at radius 2 is 1.70 bits per heavy atom. The summed E-state index contributed by atoms with van der Waals surface area (Å²) in [5.41, 5.74) is 4.02. The van der Waals surface area contributed by atoms with Crippen LogP contribution in [0.2, 0.25) is 0 Å². The zero-order valence-corrected chi connectivity index (χ0v) is 32.3. The number of esters is 1. The number of carbonyl (C=O) groups is 1. The average molecular weight is 773 g/mol. The number of aliphatic hydroxyl groups is 1. The van der Waals surface area contributed by atoms with Gasteiger partial charge in [0.05, 0.1) is 18.2 Å². The van der Waals surface area contributed by atoms with Gasteiger partial charge in [-0.25, -0.2) is 4.79 Å². The van der Waals surface area contributed by atoms with Crippen molar-refractivity contribution in [2.75, 3.05) is 39.3 Å². The average Bonchev–Trinajstić information content (AvgIpc) is 3.62. The number of aliphatic hydroxyl groups excluding tert-OH is 1. The predicted molar refractivity (Wildman–Crippen MR) is 218 cm³/mol. The first kappa shape index (κ1) is 38.7. The molecule has 3 atom stereocenters. The van der Waals surface area contributed by atoms with Gasteiger partial charge in [-0.1, -0.05) is 54.6 Å². The number of hydrogen-bond acceptors (Lipinski definition) is 10. The lowest BCUT2D eigenvalue weighted by Gasteiger charge is -2.45. The third-order valence-electron chi connectivity index (χ3n) is 11.9. The lowest BCUT2D eigenvalue weighted by atomic mass is 9.85. The third kappa shape index (κ3) is 8.87. The first-order valence-corrected chi connectivity index (χ1v) is 20.3. The summed E-state index contributed by atoms with van der Waals surface area (Å²) in [6, 6.07) is 30.4. The number of nitrogens with one attached hydrogen (secondary N) is 3. The molecular formula is C46H52N4O7. The molecule has 11 heteroatoms. The minimum atomic E-state index is -0.881. The summed E-state index contributed by atoms with van der Waals surface area (Å²) >= 11 is 0. The number of H-pyrrole nitrogens is 1. The monoisotopic (exact) mass is 772 g/mol. The molecule has 2 unspecified atom stereocenters. The predicted octanol–water partition coefficient (Wildman–Crippen LogP) is 5.86. The van der Waals surface area contributed by atoms with E-state index in [9.17, 15) is 19.8 Å². The van der Waals surface area contributed by atoms with Crippen LogP contribution in [-0.4, -0.2) is 71.5 Å². The summed E-state index contributed by atoms with van der Waals surface area (Å²) in [6.45, 7) is 5.52. The molecular weight excluding hydrogens is 721 g/mol. The largest absolute Gasteiger partial charge is 0.506 e. The van der Waals surface area contributed by atoms with Crippen LogP contribution >= 0.6 is 0 Å². The van der Waals surface area contributed by atoms with E-state index in [2.05, 4.69) is 38.7 Å². The summed E-state index contributed by atoms with van der Waals surface area (Å²) in [5, 5.41) is 28.5. The Morgan fingerprint density at radius 1 is 0.912 bits per heavy atom. The highest BCUT2D eigenvalue weighted by molar-refractivity contribution is 5.87. The molecule has 2 bridgehead atoms. The molecule has 5 N–H and O–H groups in total. The number of aromatic hydroxyl groups is 1. The number of aryl methyl sites for hydroxylation is 1. The molecule has 0 amide bonds. The molecule has 9 rings (SSSR count). The highest BCUT2D eigenvalue weighted by Crippen LogP contribution is 2.40. The van der Waals surface area contributed by atoms with Crippen LogP contribution in [0, 0.1) is 5.92 Å². The molecule has 4 aliphatic rings. The van der Waals surface area contributed by atoms with E-state index >= 15 is 0 Å². The van der Waals surface area contributed by atoms with Crippen molar-refractivity contribution in [2.45, 2.75) is 69.4 Å². The fourth-order valence-corrected chi connectivity index (χ4v) is 8.69. The topological polar surface area (TPSA) is 145 Å². The second-order valence-electron chi connectivity index (χ2n) is 15.6. The number of pyridine rings is 1. The Bertz CT molecular complexity index is 2230. The third-order valence-corrected chi connectivity index (χ3v) is 11.9. The fraction of sp³-hybridized carbons (Fsp3) is 0.391. The van der Waals surface area contributed by atoms with Crippen LogP contribution in [-0.2, 0) is 34.6 Å². The zero-order valence-electron chi connectivity index (χ0n) is 32.3. The number of aromatic amines is 1. The zero-order chi connectivity index (χ0) is 39.2. The number of ether oxygens (including phenoxy) is 3. The lowest BCUT2D eigenvalue weighted by molar-refractivity contribution is -0.167. The molecule has 5 aromatic rings. The van der Waals surface area contributed by atoms with Crippen molar-refractivity contribution in [1.82, 2.24) is 20.5 Å². The smallest absolute Gasteiger partial charge is 0.331 e. The Labute approximate surface area is 333 Å². The summed E-state index contributed by atoms with van der Waals surface area (Å²) in [7, 11) is 0. The first-order chi connectivity index (χ1) is 27.8. The maximum Gasteiger partial charge on any atom is 0.331 e. The van der Waals surface area contributed by atoms with Gasteiger partial charge in [-0.3, -0.25) is 15.0 Å². The van der Waals surface area contributed by atoms with Crippen molar-refractivity contribution in [3.8, 4) is 17.2 Å². The Balaban J connectivity index is 0.794. The highest BCUT2D eigenvalue weighted by atomic mass is 16.5. The van der Waals surface area contributed by atoms with Crippen molar-refractivity contribution < 1.29 is 29.2 Å². The summed E-state index contributed by atoms with van der Waals surface area (Å²) < 4.78 is 18.6. The number of rotatable bonds is 17. The van der Waals surface area contributed by atoms with Crippen LogP contribution in [0.25, 0.3) is 10.9 Å². The summed E-state index contributed by atoms with van der Waals surface area (Å²) in [6.07, 6.45) is 4.56. The van der Waals surface area contributed by atoms with Crippen LogP contribution in [0.1, 0.15) is 66.0 Å². The van der Waals surface area contributed by atoms with Crippen molar-refractivity contribution >= 4 is 16.9 Å². The van der Waals surface area contributed by atoms with Gasteiger partial charge in [-0.05, 0) is 128 Å². The van der Waals surface area contributed by atoms with E-state index in [0.29, 0.717) is 61.7 Å². The molecule has 4 heterocycles. The normalized spacial score (nSPS) is 21.6. The molecule has 4 aromatic carbocycles.